The minimum atomic E-state index is -0.0625. The van der Waals surface area contributed by atoms with Gasteiger partial charge in [-0.1, -0.05) is 29.8 Å². The number of nitrogens with zero attached hydrogens (tertiary/aromatic N) is 1. The van der Waals surface area contributed by atoms with Crippen molar-refractivity contribution in [3.8, 4) is 0 Å². The van der Waals surface area contributed by atoms with E-state index in [9.17, 15) is 4.79 Å². The number of piperidine rings is 1. The lowest BCUT2D eigenvalue weighted by Gasteiger charge is -2.42. The Morgan fingerprint density at radius 1 is 1.07 bits per heavy atom. The number of carbonyl (C=O) groups is 1. The number of carbonyl (C=O) groups excluding carboxylic acids is 1. The Labute approximate surface area is 168 Å². The highest BCUT2D eigenvalue weighted by molar-refractivity contribution is 5.96. The molecule has 28 heavy (non-hydrogen) atoms. The molecule has 2 heterocycles. The zero-order valence-corrected chi connectivity index (χ0v) is 17.3. The lowest BCUT2D eigenvalue weighted by Crippen LogP contribution is -2.50. The molecule has 4 nitrogen and oxygen atoms in total. The molecular weight excluding hydrogens is 346 g/mol. The predicted octanol–water partition coefficient (Wildman–Crippen LogP) is 4.40. The van der Waals surface area contributed by atoms with E-state index in [2.05, 4.69) is 55.4 Å². The average molecular weight is 378 g/mol. The van der Waals surface area contributed by atoms with E-state index in [0.717, 1.165) is 29.7 Å². The van der Waals surface area contributed by atoms with Crippen LogP contribution in [0, 0.1) is 26.7 Å². The number of rotatable bonds is 3. The summed E-state index contributed by atoms with van der Waals surface area (Å²) in [6.45, 7) is 6.20. The van der Waals surface area contributed by atoms with E-state index >= 15 is 0 Å². The van der Waals surface area contributed by atoms with E-state index in [4.69, 9.17) is 5.73 Å². The average Bonchev–Trinajstić information content (AvgIpc) is 2.89. The highest BCUT2D eigenvalue weighted by atomic mass is 16.2. The summed E-state index contributed by atoms with van der Waals surface area (Å²) in [4.78, 5) is 15.9. The monoisotopic (exact) mass is 377 g/mol. The number of nitrogens with two attached hydrogens (primary N) is 1. The maximum Gasteiger partial charge on any atom is 0.229 e. The first kappa shape index (κ1) is 19.0. The van der Waals surface area contributed by atoms with Crippen molar-refractivity contribution in [3.63, 3.8) is 0 Å². The van der Waals surface area contributed by atoms with Crippen LogP contribution in [-0.2, 0) is 4.79 Å². The quantitative estimate of drug-likeness (QED) is 0.780. The summed E-state index contributed by atoms with van der Waals surface area (Å²) < 4.78 is 0. The Kier molecular flexibility index (Phi) is 4.92. The molecular formula is C24H31N3O. The summed E-state index contributed by atoms with van der Waals surface area (Å²) in [5.74, 6) is 0.285. The van der Waals surface area contributed by atoms with Crippen LogP contribution in [0.5, 0.6) is 0 Å². The molecule has 0 spiro atoms. The fourth-order valence-corrected chi connectivity index (χ4v) is 5.14. The fourth-order valence-electron chi connectivity index (χ4n) is 5.14. The number of hydrogen-bond donors (Lipinski definition) is 2. The molecule has 3 unspecified atom stereocenters. The van der Waals surface area contributed by atoms with Crippen LogP contribution in [-0.4, -0.2) is 29.9 Å². The molecule has 2 bridgehead atoms. The normalized spacial score (nSPS) is 27.0. The standard InChI is InChI=1S/C24H31N3O/c1-14-5-7-17(8-6-14)19-13-18-9-10-22(27(18)4)23(19)24(28)26-21-12-16(3)15(2)11-20(21)25/h5-8,11-12,18-19,22-23H,9-10,13,25H2,1-4H3,(H,26,28)/t18-,19?,22?,23?/m1/s1. The highest BCUT2D eigenvalue weighted by Gasteiger charge is 2.49. The fraction of sp³-hybridized carbons (Fsp3) is 0.458. The summed E-state index contributed by atoms with van der Waals surface area (Å²) in [6.07, 6.45) is 3.31. The molecule has 148 valence electrons. The van der Waals surface area contributed by atoms with E-state index in [0.29, 0.717) is 11.7 Å². The van der Waals surface area contributed by atoms with Gasteiger partial charge in [-0.05, 0) is 81.8 Å². The van der Waals surface area contributed by atoms with Gasteiger partial charge in [-0.3, -0.25) is 9.69 Å². The molecule has 0 radical (unpaired) electrons. The van der Waals surface area contributed by atoms with Gasteiger partial charge >= 0.3 is 0 Å². The summed E-state index contributed by atoms with van der Waals surface area (Å²) in [6, 6.07) is 13.5. The van der Waals surface area contributed by atoms with Crippen LogP contribution in [0.25, 0.3) is 0 Å². The van der Waals surface area contributed by atoms with Crippen LogP contribution in [0.3, 0.4) is 0 Å². The molecule has 0 saturated carbocycles. The first-order chi connectivity index (χ1) is 13.3. The highest BCUT2D eigenvalue weighted by Crippen LogP contribution is 2.46. The van der Waals surface area contributed by atoms with Crippen molar-refractivity contribution in [2.24, 2.45) is 5.92 Å². The van der Waals surface area contributed by atoms with Crippen molar-refractivity contribution in [2.45, 2.75) is 58.0 Å². The zero-order chi connectivity index (χ0) is 20.0. The van der Waals surface area contributed by atoms with Gasteiger partial charge < -0.3 is 11.1 Å². The third kappa shape index (κ3) is 3.30. The molecule has 3 N–H and O–H groups in total. The Balaban J connectivity index is 1.66. The van der Waals surface area contributed by atoms with Gasteiger partial charge in [0.1, 0.15) is 0 Å². The van der Waals surface area contributed by atoms with Gasteiger partial charge in [0.25, 0.3) is 0 Å². The van der Waals surface area contributed by atoms with Crippen LogP contribution in [0.1, 0.15) is 47.4 Å². The van der Waals surface area contributed by atoms with Gasteiger partial charge in [0, 0.05) is 12.1 Å². The molecule has 4 atom stereocenters. The Morgan fingerprint density at radius 2 is 1.75 bits per heavy atom. The Morgan fingerprint density at radius 3 is 2.46 bits per heavy atom. The molecule has 2 aromatic rings. The van der Waals surface area contributed by atoms with E-state index in [1.807, 2.05) is 19.1 Å². The second-order valence-corrected chi connectivity index (χ2v) is 8.76. The van der Waals surface area contributed by atoms with Crippen LogP contribution in [0.15, 0.2) is 36.4 Å². The van der Waals surface area contributed by atoms with Gasteiger partial charge in [-0.2, -0.15) is 0 Å². The van der Waals surface area contributed by atoms with Gasteiger partial charge in [0.15, 0.2) is 0 Å². The van der Waals surface area contributed by atoms with Crippen LogP contribution in [0.2, 0.25) is 0 Å². The molecule has 0 aliphatic carbocycles. The van der Waals surface area contributed by atoms with E-state index < -0.39 is 0 Å². The maximum absolute atomic E-state index is 13.5. The summed E-state index contributed by atoms with van der Waals surface area (Å²) in [5, 5.41) is 3.17. The van der Waals surface area contributed by atoms with E-state index in [-0.39, 0.29) is 23.8 Å². The molecule has 4 heteroatoms. The minimum Gasteiger partial charge on any atom is -0.397 e. The Hall–Kier alpha value is -2.33. The molecule has 4 rings (SSSR count). The Bertz CT molecular complexity index is 889. The lowest BCUT2D eigenvalue weighted by atomic mass is 9.75. The third-order valence-corrected chi connectivity index (χ3v) is 7.00. The minimum absolute atomic E-state index is 0.0625. The molecule has 2 aliphatic rings. The number of hydrogen-bond acceptors (Lipinski definition) is 3. The summed E-state index contributed by atoms with van der Waals surface area (Å²) in [7, 11) is 2.18. The smallest absolute Gasteiger partial charge is 0.229 e. The molecule has 2 saturated heterocycles. The van der Waals surface area contributed by atoms with Crippen LogP contribution >= 0.6 is 0 Å². The number of nitrogens with one attached hydrogen (secondary N) is 1. The zero-order valence-electron chi connectivity index (χ0n) is 17.3. The van der Waals surface area contributed by atoms with Gasteiger partial charge in [-0.15, -0.1) is 0 Å². The first-order valence-corrected chi connectivity index (χ1v) is 10.3. The van der Waals surface area contributed by atoms with Gasteiger partial charge in [0.2, 0.25) is 5.91 Å². The van der Waals surface area contributed by atoms with Crippen molar-refractivity contribution in [1.82, 2.24) is 4.90 Å². The summed E-state index contributed by atoms with van der Waals surface area (Å²) in [5.41, 5.74) is 12.4. The SMILES string of the molecule is Cc1ccc(C2C[C@H]3CCC(C2C(=O)Nc2cc(C)c(C)cc2N)N3C)cc1. The number of aryl methyl sites for hydroxylation is 3. The van der Waals surface area contributed by atoms with Crippen LogP contribution in [0.4, 0.5) is 11.4 Å². The van der Waals surface area contributed by atoms with E-state index in [1.165, 1.54) is 17.5 Å². The van der Waals surface area contributed by atoms with Crippen molar-refractivity contribution < 1.29 is 4.79 Å². The molecule has 1 amide bonds. The van der Waals surface area contributed by atoms with E-state index in [1.54, 1.807) is 0 Å². The number of benzene rings is 2. The van der Waals surface area contributed by atoms with Crippen molar-refractivity contribution in [1.29, 1.82) is 0 Å². The molecule has 2 aliphatic heterocycles. The number of amides is 1. The molecule has 0 aromatic heterocycles. The number of anilines is 2. The molecule has 2 fully saturated rings. The topological polar surface area (TPSA) is 58.4 Å². The first-order valence-electron chi connectivity index (χ1n) is 10.3. The molecule has 2 aromatic carbocycles. The predicted molar refractivity (Wildman–Crippen MR) is 116 cm³/mol. The van der Waals surface area contributed by atoms with Gasteiger partial charge in [-0.25, -0.2) is 0 Å². The van der Waals surface area contributed by atoms with Crippen molar-refractivity contribution in [3.05, 3.63) is 58.7 Å². The van der Waals surface area contributed by atoms with Gasteiger partial charge in [0.05, 0.1) is 17.3 Å². The summed E-state index contributed by atoms with van der Waals surface area (Å²) >= 11 is 0. The largest absolute Gasteiger partial charge is 0.397 e. The number of nitrogen functional groups attached to an aromatic ring is 1. The van der Waals surface area contributed by atoms with Crippen LogP contribution < -0.4 is 11.1 Å². The number of fused-ring (bicyclic) bond motifs is 2. The third-order valence-electron chi connectivity index (χ3n) is 7.00. The lowest BCUT2D eigenvalue weighted by molar-refractivity contribution is -0.124. The maximum atomic E-state index is 13.5. The second-order valence-electron chi connectivity index (χ2n) is 8.76. The second kappa shape index (κ2) is 7.25. The van der Waals surface area contributed by atoms with Crippen molar-refractivity contribution >= 4 is 17.3 Å². The van der Waals surface area contributed by atoms with Crippen molar-refractivity contribution in [2.75, 3.05) is 18.1 Å².